The van der Waals surface area contributed by atoms with Gasteiger partial charge in [0, 0.05) is 49.7 Å². The molecule has 0 aliphatic carbocycles. The molecule has 0 atom stereocenters. The number of nitrogens with one attached hydrogen (secondary N) is 1. The zero-order chi connectivity index (χ0) is 13.1. The van der Waals surface area contributed by atoms with Gasteiger partial charge in [0.2, 0.25) is 5.91 Å². The Morgan fingerprint density at radius 1 is 1.37 bits per heavy atom. The number of nitrogens with zero attached hydrogens (tertiary/aromatic N) is 2. The number of pyridine rings is 1. The molecule has 19 heavy (non-hydrogen) atoms. The lowest BCUT2D eigenvalue weighted by Gasteiger charge is -2.27. The predicted molar refractivity (Wildman–Crippen MR) is 72.5 cm³/mol. The van der Waals surface area contributed by atoms with Crippen LogP contribution < -0.4 is 0 Å². The first-order valence-corrected chi connectivity index (χ1v) is 6.66. The quantitative estimate of drug-likeness (QED) is 0.911. The Balaban J connectivity index is 1.57. The molecule has 98 valence electrons. The molecule has 0 bridgehead atoms. The smallest absolute Gasteiger partial charge is 0.223 e. The van der Waals surface area contributed by atoms with Crippen LogP contribution >= 0.6 is 0 Å². The lowest BCUT2D eigenvalue weighted by Crippen LogP contribution is -2.35. The van der Waals surface area contributed by atoms with Crippen LogP contribution in [0, 0.1) is 0 Å². The Kier molecular flexibility index (Phi) is 3.31. The van der Waals surface area contributed by atoms with Crippen LogP contribution in [0.25, 0.3) is 0 Å². The minimum absolute atomic E-state index is 0.220. The highest BCUT2D eigenvalue weighted by atomic mass is 16.2. The fourth-order valence-corrected chi connectivity index (χ4v) is 2.50. The normalized spacial score (nSPS) is 14.2. The van der Waals surface area contributed by atoms with E-state index in [4.69, 9.17) is 0 Å². The maximum Gasteiger partial charge on any atom is 0.223 e. The number of carbonyl (C=O) groups is 1. The molecular formula is C15H17N3O. The number of hydrogen-bond donors (Lipinski definition) is 1. The number of rotatable bonds is 3. The molecule has 0 saturated heterocycles. The summed E-state index contributed by atoms with van der Waals surface area (Å²) in [4.78, 5) is 21.6. The fraction of sp³-hybridized carbons (Fsp3) is 0.333. The molecule has 1 amide bonds. The summed E-state index contributed by atoms with van der Waals surface area (Å²) >= 11 is 0. The van der Waals surface area contributed by atoms with E-state index in [-0.39, 0.29) is 5.91 Å². The van der Waals surface area contributed by atoms with Crippen molar-refractivity contribution in [2.24, 2.45) is 0 Å². The zero-order valence-corrected chi connectivity index (χ0v) is 10.8. The molecule has 2 aromatic heterocycles. The Morgan fingerprint density at radius 2 is 2.32 bits per heavy atom. The average Bonchev–Trinajstić information content (AvgIpc) is 2.93. The maximum absolute atomic E-state index is 12.2. The van der Waals surface area contributed by atoms with Crippen molar-refractivity contribution in [2.45, 2.75) is 25.8 Å². The topological polar surface area (TPSA) is 49.0 Å². The number of aromatic nitrogens is 2. The predicted octanol–water partition coefficient (Wildman–Crippen LogP) is 1.93. The standard InChI is InChI=1S/C15H17N3O/c19-15(5-4-13-3-1-2-8-16-13)18-10-7-14-12(11-18)6-9-17-14/h1-3,6,8-9,17H,4-5,7,10-11H2. The maximum atomic E-state index is 12.2. The van der Waals surface area contributed by atoms with Gasteiger partial charge < -0.3 is 9.88 Å². The van der Waals surface area contributed by atoms with Gasteiger partial charge in [0.05, 0.1) is 0 Å². The van der Waals surface area contributed by atoms with Gasteiger partial charge >= 0.3 is 0 Å². The monoisotopic (exact) mass is 255 g/mol. The molecule has 3 rings (SSSR count). The Bertz CT molecular complexity index is 562. The van der Waals surface area contributed by atoms with E-state index >= 15 is 0 Å². The highest BCUT2D eigenvalue weighted by Gasteiger charge is 2.20. The van der Waals surface area contributed by atoms with Crippen molar-refractivity contribution in [3.8, 4) is 0 Å². The van der Waals surface area contributed by atoms with E-state index in [1.165, 1.54) is 11.3 Å². The van der Waals surface area contributed by atoms with Crippen molar-refractivity contribution in [1.82, 2.24) is 14.9 Å². The largest absolute Gasteiger partial charge is 0.365 e. The Labute approximate surface area is 112 Å². The number of aryl methyl sites for hydroxylation is 1. The molecule has 4 nitrogen and oxygen atoms in total. The molecule has 0 radical (unpaired) electrons. The minimum atomic E-state index is 0.220. The molecule has 0 saturated carbocycles. The summed E-state index contributed by atoms with van der Waals surface area (Å²) in [5, 5.41) is 0. The van der Waals surface area contributed by atoms with Crippen molar-refractivity contribution in [2.75, 3.05) is 6.54 Å². The van der Waals surface area contributed by atoms with Gasteiger partial charge in [0.15, 0.2) is 0 Å². The number of hydrogen-bond acceptors (Lipinski definition) is 2. The number of H-pyrrole nitrogens is 1. The second kappa shape index (κ2) is 5.26. The third-order valence-electron chi connectivity index (χ3n) is 3.60. The van der Waals surface area contributed by atoms with Crippen LogP contribution in [0.3, 0.4) is 0 Å². The van der Waals surface area contributed by atoms with E-state index in [0.717, 1.165) is 31.6 Å². The molecule has 0 spiro atoms. The molecular weight excluding hydrogens is 238 g/mol. The van der Waals surface area contributed by atoms with Crippen LogP contribution in [0.4, 0.5) is 0 Å². The molecule has 0 fully saturated rings. The van der Waals surface area contributed by atoms with Gasteiger partial charge in [-0.25, -0.2) is 0 Å². The van der Waals surface area contributed by atoms with Gasteiger partial charge in [-0.3, -0.25) is 9.78 Å². The van der Waals surface area contributed by atoms with Crippen LogP contribution in [0.1, 0.15) is 23.4 Å². The van der Waals surface area contributed by atoms with Crippen LogP contribution in [-0.2, 0) is 24.2 Å². The first-order chi connectivity index (χ1) is 9.33. The van der Waals surface area contributed by atoms with Gasteiger partial charge in [-0.1, -0.05) is 6.07 Å². The molecule has 0 aromatic carbocycles. The van der Waals surface area contributed by atoms with E-state index in [1.807, 2.05) is 29.3 Å². The minimum Gasteiger partial charge on any atom is -0.365 e. The molecule has 1 aliphatic heterocycles. The summed E-state index contributed by atoms with van der Waals surface area (Å²) < 4.78 is 0. The van der Waals surface area contributed by atoms with Crippen molar-refractivity contribution >= 4 is 5.91 Å². The van der Waals surface area contributed by atoms with E-state index in [0.29, 0.717) is 6.42 Å². The summed E-state index contributed by atoms with van der Waals surface area (Å²) in [6.07, 6.45) is 5.91. The third-order valence-corrected chi connectivity index (χ3v) is 3.60. The van der Waals surface area contributed by atoms with Crippen LogP contribution in [0.15, 0.2) is 36.7 Å². The van der Waals surface area contributed by atoms with Crippen LogP contribution in [0.5, 0.6) is 0 Å². The summed E-state index contributed by atoms with van der Waals surface area (Å²) in [5.74, 6) is 0.220. The van der Waals surface area contributed by atoms with Crippen molar-refractivity contribution in [1.29, 1.82) is 0 Å². The van der Waals surface area contributed by atoms with Crippen molar-refractivity contribution in [3.05, 3.63) is 53.6 Å². The van der Waals surface area contributed by atoms with Crippen LogP contribution in [-0.4, -0.2) is 27.3 Å². The summed E-state index contributed by atoms with van der Waals surface area (Å²) in [7, 11) is 0. The van der Waals surface area contributed by atoms with E-state index in [9.17, 15) is 4.79 Å². The van der Waals surface area contributed by atoms with Crippen LogP contribution in [0.2, 0.25) is 0 Å². The molecule has 1 N–H and O–H groups in total. The van der Waals surface area contributed by atoms with E-state index in [2.05, 4.69) is 16.0 Å². The Hall–Kier alpha value is -2.10. The molecule has 0 unspecified atom stereocenters. The van der Waals surface area contributed by atoms with Crippen molar-refractivity contribution in [3.63, 3.8) is 0 Å². The molecule has 3 heterocycles. The second-order valence-corrected chi connectivity index (χ2v) is 4.87. The van der Waals surface area contributed by atoms with Gasteiger partial charge in [-0.15, -0.1) is 0 Å². The van der Waals surface area contributed by atoms with Gasteiger partial charge in [-0.2, -0.15) is 0 Å². The first kappa shape index (κ1) is 12.0. The Morgan fingerprint density at radius 3 is 3.16 bits per heavy atom. The summed E-state index contributed by atoms with van der Waals surface area (Å²) in [6.45, 7) is 1.55. The summed E-state index contributed by atoms with van der Waals surface area (Å²) in [5.41, 5.74) is 3.50. The average molecular weight is 255 g/mol. The number of amides is 1. The lowest BCUT2D eigenvalue weighted by molar-refractivity contribution is -0.132. The zero-order valence-electron chi connectivity index (χ0n) is 10.8. The molecule has 4 heteroatoms. The van der Waals surface area contributed by atoms with Crippen molar-refractivity contribution < 1.29 is 4.79 Å². The lowest BCUT2D eigenvalue weighted by atomic mass is 10.1. The van der Waals surface area contributed by atoms with Gasteiger partial charge in [0.25, 0.3) is 0 Å². The fourth-order valence-electron chi connectivity index (χ4n) is 2.50. The number of carbonyl (C=O) groups excluding carboxylic acids is 1. The molecule has 2 aromatic rings. The third kappa shape index (κ3) is 2.67. The number of aromatic amines is 1. The number of fused-ring (bicyclic) bond motifs is 1. The highest BCUT2D eigenvalue weighted by Crippen LogP contribution is 2.18. The second-order valence-electron chi connectivity index (χ2n) is 4.87. The van der Waals surface area contributed by atoms with Gasteiger partial charge in [-0.05, 0) is 30.2 Å². The van der Waals surface area contributed by atoms with E-state index < -0.39 is 0 Å². The highest BCUT2D eigenvalue weighted by molar-refractivity contribution is 5.76. The first-order valence-electron chi connectivity index (χ1n) is 6.66. The molecule has 1 aliphatic rings. The SMILES string of the molecule is O=C(CCc1ccccn1)N1CCc2[nH]ccc2C1. The van der Waals surface area contributed by atoms with E-state index in [1.54, 1.807) is 6.20 Å². The van der Waals surface area contributed by atoms with Gasteiger partial charge in [0.1, 0.15) is 0 Å². The summed E-state index contributed by atoms with van der Waals surface area (Å²) in [6, 6.07) is 7.88.